The molecule has 19 heavy (non-hydrogen) atoms. The highest BCUT2D eigenvalue weighted by Gasteiger charge is 2.12. The Morgan fingerprint density at radius 2 is 1.79 bits per heavy atom. The van der Waals surface area contributed by atoms with Crippen molar-refractivity contribution in [2.45, 2.75) is 12.8 Å². The molecule has 2 rings (SSSR count). The molecule has 1 aromatic carbocycles. The summed E-state index contributed by atoms with van der Waals surface area (Å²) in [5.74, 6) is -1.80. The second-order valence-electron chi connectivity index (χ2n) is 4.06. The molecule has 0 aliphatic carbocycles. The van der Waals surface area contributed by atoms with Crippen molar-refractivity contribution in [2.75, 3.05) is 0 Å². The van der Waals surface area contributed by atoms with Crippen LogP contribution in [0.1, 0.15) is 21.6 Å². The number of benzene rings is 1. The predicted octanol–water partition coefficient (Wildman–Crippen LogP) is 2.24. The Balaban J connectivity index is 2.22. The molecule has 0 aliphatic heterocycles. The van der Waals surface area contributed by atoms with E-state index in [-0.39, 0.29) is 24.0 Å². The summed E-state index contributed by atoms with van der Waals surface area (Å²) < 4.78 is 26.9. The first kappa shape index (κ1) is 13.1. The average molecular weight is 262 g/mol. The number of hydrogen-bond donors (Lipinski definition) is 1. The van der Waals surface area contributed by atoms with Crippen LogP contribution in [0.4, 0.5) is 8.78 Å². The van der Waals surface area contributed by atoms with Gasteiger partial charge < -0.3 is 5.73 Å². The van der Waals surface area contributed by atoms with Gasteiger partial charge in [-0.05, 0) is 37.1 Å². The van der Waals surface area contributed by atoms with E-state index in [9.17, 15) is 13.6 Å². The molecule has 0 aliphatic rings. The first-order valence-corrected chi connectivity index (χ1v) is 5.76. The Kier molecular flexibility index (Phi) is 3.85. The summed E-state index contributed by atoms with van der Waals surface area (Å²) in [5, 5.41) is 0. The minimum Gasteiger partial charge on any atom is -0.366 e. The van der Waals surface area contributed by atoms with Crippen LogP contribution >= 0.6 is 0 Å². The zero-order chi connectivity index (χ0) is 13.8. The Labute approximate surface area is 109 Å². The number of nitrogens with two attached hydrogens (primary N) is 1. The third-order valence-electron chi connectivity index (χ3n) is 2.83. The molecule has 1 heterocycles. The Hall–Kier alpha value is -2.30. The number of amides is 1. The molecule has 0 unspecified atom stereocenters. The summed E-state index contributed by atoms with van der Waals surface area (Å²) in [4.78, 5) is 15.2. The quantitative estimate of drug-likeness (QED) is 0.918. The monoisotopic (exact) mass is 262 g/mol. The van der Waals surface area contributed by atoms with Crippen molar-refractivity contribution in [3.63, 3.8) is 0 Å². The Morgan fingerprint density at radius 1 is 1.11 bits per heavy atom. The highest BCUT2D eigenvalue weighted by atomic mass is 19.1. The fraction of sp³-hybridized carbons (Fsp3) is 0.143. The summed E-state index contributed by atoms with van der Waals surface area (Å²) in [6, 6.07) is 6.84. The van der Waals surface area contributed by atoms with Gasteiger partial charge in [0.2, 0.25) is 0 Å². The van der Waals surface area contributed by atoms with Crippen molar-refractivity contribution >= 4 is 5.91 Å². The molecular weight excluding hydrogens is 250 g/mol. The highest BCUT2D eigenvalue weighted by molar-refractivity contribution is 5.93. The molecule has 1 amide bonds. The van der Waals surface area contributed by atoms with Gasteiger partial charge in [-0.15, -0.1) is 0 Å². The van der Waals surface area contributed by atoms with Gasteiger partial charge in [0.15, 0.2) is 0 Å². The molecule has 0 radical (unpaired) electrons. The van der Waals surface area contributed by atoms with Crippen LogP contribution in [0, 0.1) is 11.6 Å². The van der Waals surface area contributed by atoms with Gasteiger partial charge in [-0.25, -0.2) is 8.78 Å². The number of aromatic nitrogens is 1. The summed E-state index contributed by atoms with van der Waals surface area (Å²) in [7, 11) is 0. The van der Waals surface area contributed by atoms with Crippen LogP contribution in [-0.2, 0) is 12.8 Å². The normalized spacial score (nSPS) is 10.4. The molecule has 0 bridgehead atoms. The topological polar surface area (TPSA) is 56.0 Å². The number of carbonyl (C=O) groups excluding carboxylic acids is 1. The van der Waals surface area contributed by atoms with E-state index in [1.165, 1.54) is 24.4 Å². The molecule has 1 aromatic heterocycles. The van der Waals surface area contributed by atoms with Crippen LogP contribution in [0.25, 0.3) is 0 Å². The van der Waals surface area contributed by atoms with E-state index < -0.39 is 17.5 Å². The number of nitrogens with zero attached hydrogens (tertiary/aromatic N) is 1. The van der Waals surface area contributed by atoms with Crippen LogP contribution < -0.4 is 5.73 Å². The molecule has 0 spiro atoms. The maximum atomic E-state index is 13.5. The van der Waals surface area contributed by atoms with Gasteiger partial charge in [-0.2, -0.15) is 0 Å². The standard InChI is InChI=1S/C14H12F2N2O/c15-11-4-1-5-12(16)9(11)6-7-13-10(14(17)19)3-2-8-18-13/h1-5,8H,6-7H2,(H2,17,19). The molecule has 3 nitrogen and oxygen atoms in total. The number of rotatable bonds is 4. The third kappa shape index (κ3) is 2.93. The summed E-state index contributed by atoms with van der Waals surface area (Å²) in [5.41, 5.74) is 5.93. The lowest BCUT2D eigenvalue weighted by Crippen LogP contribution is -2.15. The minimum atomic E-state index is -0.600. The summed E-state index contributed by atoms with van der Waals surface area (Å²) in [6.07, 6.45) is 1.88. The maximum Gasteiger partial charge on any atom is 0.250 e. The molecule has 2 aromatic rings. The molecule has 0 atom stereocenters. The lowest BCUT2D eigenvalue weighted by Gasteiger charge is -2.07. The molecule has 98 valence electrons. The predicted molar refractivity (Wildman–Crippen MR) is 66.5 cm³/mol. The van der Waals surface area contributed by atoms with Gasteiger partial charge in [0.25, 0.3) is 5.91 Å². The van der Waals surface area contributed by atoms with Gasteiger partial charge in [-0.1, -0.05) is 6.07 Å². The number of aryl methyl sites for hydroxylation is 1. The zero-order valence-electron chi connectivity index (χ0n) is 10.1. The largest absolute Gasteiger partial charge is 0.366 e. The first-order chi connectivity index (χ1) is 9.09. The van der Waals surface area contributed by atoms with E-state index in [1.54, 1.807) is 12.1 Å². The van der Waals surface area contributed by atoms with Crippen LogP contribution in [0.3, 0.4) is 0 Å². The van der Waals surface area contributed by atoms with Crippen molar-refractivity contribution in [3.8, 4) is 0 Å². The van der Waals surface area contributed by atoms with Gasteiger partial charge in [0.05, 0.1) is 11.3 Å². The number of halogens is 2. The van der Waals surface area contributed by atoms with Crippen molar-refractivity contribution in [1.29, 1.82) is 0 Å². The van der Waals surface area contributed by atoms with Crippen LogP contribution in [0.5, 0.6) is 0 Å². The zero-order valence-corrected chi connectivity index (χ0v) is 10.1. The smallest absolute Gasteiger partial charge is 0.250 e. The average Bonchev–Trinajstić information content (AvgIpc) is 2.38. The highest BCUT2D eigenvalue weighted by Crippen LogP contribution is 2.15. The van der Waals surface area contributed by atoms with E-state index in [2.05, 4.69) is 4.98 Å². The minimum absolute atomic E-state index is 0.0106. The number of carbonyl (C=O) groups is 1. The van der Waals surface area contributed by atoms with Crippen LogP contribution in [0.2, 0.25) is 0 Å². The van der Waals surface area contributed by atoms with Crippen LogP contribution in [-0.4, -0.2) is 10.9 Å². The fourth-order valence-electron chi connectivity index (χ4n) is 1.88. The summed E-state index contributed by atoms with van der Waals surface area (Å²) >= 11 is 0. The van der Waals surface area contributed by atoms with E-state index in [1.807, 2.05) is 0 Å². The van der Waals surface area contributed by atoms with E-state index in [0.29, 0.717) is 5.69 Å². The molecule has 0 saturated heterocycles. The number of primary amides is 1. The van der Waals surface area contributed by atoms with Crippen molar-refractivity contribution in [2.24, 2.45) is 5.73 Å². The van der Waals surface area contributed by atoms with Gasteiger partial charge >= 0.3 is 0 Å². The number of hydrogen-bond acceptors (Lipinski definition) is 2. The molecule has 5 heteroatoms. The molecule has 0 saturated carbocycles. The second-order valence-corrected chi connectivity index (χ2v) is 4.06. The lowest BCUT2D eigenvalue weighted by molar-refractivity contribution is 0.0999. The van der Waals surface area contributed by atoms with Gasteiger partial charge in [0.1, 0.15) is 11.6 Å². The summed E-state index contributed by atoms with van der Waals surface area (Å²) in [6.45, 7) is 0. The third-order valence-corrected chi connectivity index (χ3v) is 2.83. The Bertz CT molecular complexity index is 594. The van der Waals surface area contributed by atoms with E-state index >= 15 is 0 Å². The number of pyridine rings is 1. The van der Waals surface area contributed by atoms with Gasteiger partial charge in [-0.3, -0.25) is 9.78 Å². The van der Waals surface area contributed by atoms with Crippen molar-refractivity contribution < 1.29 is 13.6 Å². The second kappa shape index (κ2) is 5.56. The SMILES string of the molecule is NC(=O)c1cccnc1CCc1c(F)cccc1F. The van der Waals surface area contributed by atoms with Crippen molar-refractivity contribution in [3.05, 3.63) is 65.0 Å². The maximum absolute atomic E-state index is 13.5. The lowest BCUT2D eigenvalue weighted by atomic mass is 10.0. The van der Waals surface area contributed by atoms with E-state index in [0.717, 1.165) is 0 Å². The first-order valence-electron chi connectivity index (χ1n) is 5.76. The van der Waals surface area contributed by atoms with Gasteiger partial charge in [0, 0.05) is 11.8 Å². The van der Waals surface area contributed by atoms with E-state index in [4.69, 9.17) is 5.73 Å². The Morgan fingerprint density at radius 3 is 2.42 bits per heavy atom. The molecule has 2 N–H and O–H groups in total. The molecular formula is C14H12F2N2O. The van der Waals surface area contributed by atoms with Crippen molar-refractivity contribution in [1.82, 2.24) is 4.98 Å². The molecule has 0 fully saturated rings. The fourth-order valence-corrected chi connectivity index (χ4v) is 1.88. The van der Waals surface area contributed by atoms with Crippen LogP contribution in [0.15, 0.2) is 36.5 Å².